The summed E-state index contributed by atoms with van der Waals surface area (Å²) in [5.41, 5.74) is 0.998. The van der Waals surface area contributed by atoms with Gasteiger partial charge in [-0.05, 0) is 65.1 Å². The summed E-state index contributed by atoms with van der Waals surface area (Å²) >= 11 is 0. The number of carbonyl (C=O) groups excluding carboxylic acids is 1. The first-order valence-corrected chi connectivity index (χ1v) is 9.16. The van der Waals surface area contributed by atoms with Crippen molar-refractivity contribution in [2.75, 3.05) is 19.6 Å². The number of hydrogen-bond donors (Lipinski definition) is 1. The molecule has 0 radical (unpaired) electrons. The van der Waals surface area contributed by atoms with Crippen LogP contribution in [0.15, 0.2) is 30.3 Å². The van der Waals surface area contributed by atoms with Crippen LogP contribution in [0.4, 0.5) is 0 Å². The first-order chi connectivity index (χ1) is 11.4. The van der Waals surface area contributed by atoms with E-state index in [1.807, 2.05) is 35.2 Å². The van der Waals surface area contributed by atoms with Crippen molar-refractivity contribution in [1.29, 1.82) is 0 Å². The Morgan fingerprint density at radius 2 is 1.67 bits per heavy atom. The SMILES string of the molecule is CC(C)N(C(=O)CN1CCC(C(O)c2ccccc2)CC1)C(C)C. The highest BCUT2D eigenvalue weighted by Gasteiger charge is 2.28. The number of rotatable bonds is 6. The maximum absolute atomic E-state index is 12.6. The lowest BCUT2D eigenvalue weighted by molar-refractivity contribution is -0.136. The van der Waals surface area contributed by atoms with Crippen molar-refractivity contribution in [3.05, 3.63) is 35.9 Å². The molecule has 0 aliphatic carbocycles. The molecule has 134 valence electrons. The summed E-state index contributed by atoms with van der Waals surface area (Å²) < 4.78 is 0. The van der Waals surface area contributed by atoms with Crippen molar-refractivity contribution in [2.24, 2.45) is 5.92 Å². The lowest BCUT2D eigenvalue weighted by atomic mass is 9.87. The van der Waals surface area contributed by atoms with Gasteiger partial charge in [-0.25, -0.2) is 0 Å². The smallest absolute Gasteiger partial charge is 0.237 e. The molecule has 2 rings (SSSR count). The zero-order chi connectivity index (χ0) is 17.7. The van der Waals surface area contributed by atoms with Gasteiger partial charge in [0.05, 0.1) is 12.6 Å². The van der Waals surface area contributed by atoms with E-state index >= 15 is 0 Å². The number of nitrogens with zero attached hydrogens (tertiary/aromatic N) is 2. The Balaban J connectivity index is 1.85. The highest BCUT2D eigenvalue weighted by atomic mass is 16.3. The summed E-state index contributed by atoms with van der Waals surface area (Å²) in [7, 11) is 0. The lowest BCUT2D eigenvalue weighted by Crippen LogP contribution is -2.48. The molecular weight excluding hydrogens is 300 g/mol. The van der Waals surface area contributed by atoms with Gasteiger partial charge in [0.15, 0.2) is 0 Å². The van der Waals surface area contributed by atoms with Gasteiger partial charge in [0.25, 0.3) is 0 Å². The first kappa shape index (κ1) is 18.9. The van der Waals surface area contributed by atoms with E-state index in [9.17, 15) is 9.90 Å². The van der Waals surface area contributed by atoms with Gasteiger partial charge >= 0.3 is 0 Å². The van der Waals surface area contributed by atoms with Crippen LogP contribution in [-0.4, -0.2) is 52.5 Å². The van der Waals surface area contributed by atoms with Gasteiger partial charge in [-0.2, -0.15) is 0 Å². The molecular formula is C20H32N2O2. The zero-order valence-electron chi connectivity index (χ0n) is 15.5. The molecule has 1 aliphatic rings. The summed E-state index contributed by atoms with van der Waals surface area (Å²) in [5, 5.41) is 10.6. The van der Waals surface area contributed by atoms with Crippen LogP contribution in [0.2, 0.25) is 0 Å². The molecule has 4 nitrogen and oxygen atoms in total. The van der Waals surface area contributed by atoms with Crippen LogP contribution in [0.3, 0.4) is 0 Å². The number of aliphatic hydroxyl groups is 1. The van der Waals surface area contributed by atoms with Gasteiger partial charge in [-0.1, -0.05) is 30.3 Å². The number of carbonyl (C=O) groups is 1. The molecule has 1 N–H and O–H groups in total. The molecule has 0 spiro atoms. The molecule has 0 saturated carbocycles. The number of hydrogen-bond acceptors (Lipinski definition) is 3. The second kappa shape index (κ2) is 8.63. The van der Waals surface area contributed by atoms with Crippen LogP contribution in [0.5, 0.6) is 0 Å². The van der Waals surface area contributed by atoms with E-state index in [-0.39, 0.29) is 23.9 Å². The third kappa shape index (κ3) is 4.81. The van der Waals surface area contributed by atoms with Gasteiger partial charge in [0, 0.05) is 12.1 Å². The highest BCUT2D eigenvalue weighted by molar-refractivity contribution is 5.78. The maximum Gasteiger partial charge on any atom is 0.237 e. The molecule has 1 atom stereocenters. The molecule has 1 aliphatic heterocycles. The standard InChI is InChI=1S/C20H32N2O2/c1-15(2)22(16(3)4)19(23)14-21-12-10-18(11-13-21)20(24)17-8-6-5-7-9-17/h5-9,15-16,18,20,24H,10-14H2,1-4H3. The molecule has 0 aromatic heterocycles. The van der Waals surface area contributed by atoms with Gasteiger partial charge in [0.1, 0.15) is 0 Å². The van der Waals surface area contributed by atoms with Gasteiger partial charge in [0.2, 0.25) is 5.91 Å². The molecule has 1 heterocycles. The van der Waals surface area contributed by atoms with Gasteiger partial charge in [-0.15, -0.1) is 0 Å². The fourth-order valence-electron chi connectivity index (χ4n) is 3.79. The van der Waals surface area contributed by atoms with E-state index in [1.54, 1.807) is 0 Å². The maximum atomic E-state index is 12.6. The predicted molar refractivity (Wildman–Crippen MR) is 97.7 cm³/mol. The summed E-state index contributed by atoms with van der Waals surface area (Å²) in [5.74, 6) is 0.493. The molecule has 1 aromatic rings. The molecule has 1 unspecified atom stereocenters. The predicted octanol–water partition coefficient (Wildman–Crippen LogP) is 3.08. The molecule has 1 saturated heterocycles. The molecule has 1 fully saturated rings. The number of aliphatic hydroxyl groups excluding tert-OH is 1. The Bertz CT molecular complexity index is 500. The van der Waals surface area contributed by atoms with E-state index in [1.165, 1.54) is 0 Å². The number of likely N-dealkylation sites (tertiary alicyclic amines) is 1. The number of benzene rings is 1. The number of piperidine rings is 1. The van der Waals surface area contributed by atoms with Crippen molar-refractivity contribution < 1.29 is 9.90 Å². The minimum atomic E-state index is -0.396. The quantitative estimate of drug-likeness (QED) is 0.871. The Morgan fingerprint density at radius 3 is 2.17 bits per heavy atom. The third-order valence-electron chi connectivity index (χ3n) is 4.98. The molecule has 1 amide bonds. The van der Waals surface area contributed by atoms with Gasteiger partial charge < -0.3 is 10.0 Å². The van der Waals surface area contributed by atoms with Crippen LogP contribution in [0, 0.1) is 5.92 Å². The summed E-state index contributed by atoms with van der Waals surface area (Å²) in [6.07, 6.45) is 1.48. The summed E-state index contributed by atoms with van der Waals surface area (Å²) in [6, 6.07) is 10.4. The van der Waals surface area contributed by atoms with Crippen LogP contribution in [0.1, 0.15) is 52.2 Å². The van der Waals surface area contributed by atoms with E-state index in [4.69, 9.17) is 0 Å². The first-order valence-electron chi connectivity index (χ1n) is 9.16. The van der Waals surface area contributed by atoms with E-state index in [0.717, 1.165) is 31.5 Å². The zero-order valence-corrected chi connectivity index (χ0v) is 15.5. The third-order valence-corrected chi connectivity index (χ3v) is 4.98. The average molecular weight is 332 g/mol. The molecule has 1 aromatic carbocycles. The van der Waals surface area contributed by atoms with Crippen molar-refractivity contribution in [3.63, 3.8) is 0 Å². The van der Waals surface area contributed by atoms with Crippen LogP contribution < -0.4 is 0 Å². The van der Waals surface area contributed by atoms with E-state index < -0.39 is 6.10 Å². The Labute approximate surface area is 146 Å². The van der Waals surface area contributed by atoms with Gasteiger partial charge in [-0.3, -0.25) is 9.69 Å². The second-order valence-electron chi connectivity index (χ2n) is 7.46. The molecule has 0 bridgehead atoms. The van der Waals surface area contributed by atoms with Crippen molar-refractivity contribution in [2.45, 2.75) is 58.7 Å². The minimum absolute atomic E-state index is 0.210. The normalized spacial score (nSPS) is 18.1. The Morgan fingerprint density at radius 1 is 1.12 bits per heavy atom. The fraction of sp³-hybridized carbons (Fsp3) is 0.650. The van der Waals surface area contributed by atoms with Crippen molar-refractivity contribution >= 4 is 5.91 Å². The Hall–Kier alpha value is -1.39. The fourth-order valence-corrected chi connectivity index (χ4v) is 3.79. The monoisotopic (exact) mass is 332 g/mol. The average Bonchev–Trinajstić information content (AvgIpc) is 2.55. The van der Waals surface area contributed by atoms with E-state index in [2.05, 4.69) is 32.6 Å². The van der Waals surface area contributed by atoms with Crippen LogP contribution in [-0.2, 0) is 4.79 Å². The minimum Gasteiger partial charge on any atom is -0.388 e. The van der Waals surface area contributed by atoms with E-state index in [0.29, 0.717) is 6.54 Å². The van der Waals surface area contributed by atoms with Crippen LogP contribution in [0.25, 0.3) is 0 Å². The lowest BCUT2D eigenvalue weighted by Gasteiger charge is -2.37. The highest BCUT2D eigenvalue weighted by Crippen LogP contribution is 2.30. The second-order valence-corrected chi connectivity index (χ2v) is 7.46. The summed E-state index contributed by atoms with van der Waals surface area (Å²) in [4.78, 5) is 16.8. The Kier molecular flexibility index (Phi) is 6.81. The van der Waals surface area contributed by atoms with Crippen LogP contribution >= 0.6 is 0 Å². The van der Waals surface area contributed by atoms with Crippen molar-refractivity contribution in [1.82, 2.24) is 9.80 Å². The topological polar surface area (TPSA) is 43.8 Å². The molecule has 4 heteroatoms. The largest absolute Gasteiger partial charge is 0.388 e. The number of amides is 1. The summed E-state index contributed by atoms with van der Waals surface area (Å²) in [6.45, 7) is 10.5. The molecule has 24 heavy (non-hydrogen) atoms. The van der Waals surface area contributed by atoms with Crippen molar-refractivity contribution in [3.8, 4) is 0 Å².